The molecule has 0 saturated carbocycles. The number of hydrogen-bond acceptors (Lipinski definition) is 9. The van der Waals surface area contributed by atoms with Gasteiger partial charge in [-0.3, -0.25) is 9.52 Å². The van der Waals surface area contributed by atoms with Crippen molar-refractivity contribution in [3.63, 3.8) is 0 Å². The molecule has 0 saturated heterocycles. The first-order valence-electron chi connectivity index (χ1n) is 13.3. The van der Waals surface area contributed by atoms with E-state index >= 15 is 0 Å². The van der Waals surface area contributed by atoms with Crippen molar-refractivity contribution in [2.75, 3.05) is 23.5 Å². The number of carbonyl (C=O) groups excluding carboxylic acids is 1. The molecular weight excluding hydrogens is 618 g/mol. The summed E-state index contributed by atoms with van der Waals surface area (Å²) in [7, 11) is -8.21. The van der Waals surface area contributed by atoms with Crippen LogP contribution in [0.1, 0.15) is 25.7 Å². The number of anilines is 1. The summed E-state index contributed by atoms with van der Waals surface area (Å²) in [6, 6.07) is 15.6. The Kier molecular flexibility index (Phi) is 8.65. The average Bonchev–Trinajstić information content (AvgIpc) is 3.43. The Morgan fingerprint density at radius 1 is 1.14 bits per heavy atom. The Morgan fingerprint density at radius 3 is 2.63 bits per heavy atom. The van der Waals surface area contributed by atoms with Gasteiger partial charge in [0, 0.05) is 17.1 Å². The maximum absolute atomic E-state index is 14.2. The van der Waals surface area contributed by atoms with Crippen molar-refractivity contribution in [1.29, 1.82) is 0 Å². The zero-order valence-electron chi connectivity index (χ0n) is 23.2. The van der Waals surface area contributed by atoms with Crippen LogP contribution in [0.25, 0.3) is 27.9 Å². The summed E-state index contributed by atoms with van der Waals surface area (Å²) in [6.45, 7) is 1.77. The monoisotopic (exact) mass is 645 g/mol. The molecule has 0 atom stereocenters. The van der Waals surface area contributed by atoms with Gasteiger partial charge < -0.3 is 13.9 Å². The quantitative estimate of drug-likeness (QED) is 0.198. The minimum atomic E-state index is -4.41. The lowest BCUT2D eigenvalue weighted by atomic mass is 10.1. The third-order valence-corrected chi connectivity index (χ3v) is 9.21. The molecule has 0 aliphatic carbocycles. The molecule has 0 radical (unpaired) electrons. The topological polar surface area (TPSA) is 141 Å². The van der Waals surface area contributed by atoms with Crippen LogP contribution in [0.3, 0.4) is 0 Å². The Morgan fingerprint density at radius 2 is 1.91 bits per heavy atom. The van der Waals surface area contributed by atoms with Crippen LogP contribution in [0.2, 0.25) is 0 Å². The van der Waals surface area contributed by atoms with E-state index in [1.54, 1.807) is 17.0 Å². The summed E-state index contributed by atoms with van der Waals surface area (Å²) >= 11 is 1.31. The highest BCUT2D eigenvalue weighted by molar-refractivity contribution is 8.03. The minimum absolute atomic E-state index is 0.0810. The fourth-order valence-electron chi connectivity index (χ4n) is 4.89. The maximum atomic E-state index is 14.2. The molecule has 1 N–H and O–H groups in total. The lowest BCUT2D eigenvalue weighted by Crippen LogP contribution is -2.38. The van der Waals surface area contributed by atoms with Crippen LogP contribution in [0.5, 0.6) is 0 Å². The molecule has 14 heteroatoms. The summed E-state index contributed by atoms with van der Waals surface area (Å²) in [5.74, 6) is -1.38. The van der Waals surface area contributed by atoms with E-state index in [-0.39, 0.29) is 19.5 Å². The van der Waals surface area contributed by atoms with Crippen molar-refractivity contribution >= 4 is 71.4 Å². The zero-order chi connectivity index (χ0) is 30.9. The van der Waals surface area contributed by atoms with Gasteiger partial charge in [-0.05, 0) is 53.8 Å². The molecule has 0 spiro atoms. The number of oxazole rings is 1. The van der Waals surface area contributed by atoms with Gasteiger partial charge in [-0.2, -0.15) is 4.57 Å². The molecule has 1 aliphatic heterocycles. The molecule has 1 aliphatic rings. The standard InChI is InChI=1S/C29H28FN3O7S3/c1-3-19(16-28-33(18-26(34)31-42(2,35)36)23-17-21(30)10-12-25(23)41-28)15-27-32(13-6-14-43(37,38)39)29-22-8-5-4-7-20(22)9-11-24(29)40-27/h4-5,7-12,15-17H,3,6,13-14,18H2,1-2H3,(H-,31,34,37,38,39). The van der Waals surface area contributed by atoms with E-state index in [1.807, 2.05) is 58.7 Å². The molecule has 43 heavy (non-hydrogen) atoms. The van der Waals surface area contributed by atoms with Crippen LogP contribution < -0.4 is 14.2 Å². The molecule has 4 aromatic rings. The number of hydrogen-bond donors (Lipinski definition) is 1. The lowest BCUT2D eigenvalue weighted by Gasteiger charge is -2.20. The summed E-state index contributed by atoms with van der Waals surface area (Å²) < 4.78 is 81.5. The number of rotatable bonds is 10. The highest BCUT2D eigenvalue weighted by Crippen LogP contribution is 2.46. The largest absolute Gasteiger partial charge is 0.748 e. The van der Waals surface area contributed by atoms with E-state index in [0.29, 0.717) is 33.5 Å². The average molecular weight is 646 g/mol. The van der Waals surface area contributed by atoms with Crippen LogP contribution >= 0.6 is 11.8 Å². The normalized spacial score (nSPS) is 15.0. The number of aryl methyl sites for hydroxylation is 1. The lowest BCUT2D eigenvalue weighted by molar-refractivity contribution is -0.677. The fraction of sp³-hybridized carbons (Fsp3) is 0.241. The van der Waals surface area contributed by atoms with E-state index in [1.165, 1.54) is 23.9 Å². The number of aromatic nitrogens is 1. The van der Waals surface area contributed by atoms with Crippen molar-refractivity contribution < 1.29 is 39.6 Å². The summed E-state index contributed by atoms with van der Waals surface area (Å²) in [5, 5.41) is 2.43. The van der Waals surface area contributed by atoms with Crippen LogP contribution in [-0.2, 0) is 31.5 Å². The predicted molar refractivity (Wildman–Crippen MR) is 162 cm³/mol. The van der Waals surface area contributed by atoms with Crippen molar-refractivity contribution in [1.82, 2.24) is 4.72 Å². The van der Waals surface area contributed by atoms with Crippen LogP contribution in [0.4, 0.5) is 10.1 Å². The Bertz CT molecular complexity index is 2020. The molecular formula is C29H28FN3O7S3. The molecule has 226 valence electrons. The number of amides is 1. The molecule has 0 bridgehead atoms. The van der Waals surface area contributed by atoms with Crippen LogP contribution in [0, 0.1) is 5.82 Å². The fourth-order valence-corrected chi connectivity index (χ4v) is 6.97. The number of benzene rings is 3. The smallest absolute Gasteiger partial charge is 0.374 e. The summed E-state index contributed by atoms with van der Waals surface area (Å²) in [4.78, 5) is 14.8. The molecule has 1 aromatic heterocycles. The number of sulfonamides is 1. The zero-order valence-corrected chi connectivity index (χ0v) is 25.7. The second-order valence-electron chi connectivity index (χ2n) is 9.99. The van der Waals surface area contributed by atoms with Gasteiger partial charge in [0.25, 0.3) is 11.4 Å². The van der Waals surface area contributed by atoms with Crippen molar-refractivity contribution in [3.05, 3.63) is 83.0 Å². The van der Waals surface area contributed by atoms with Gasteiger partial charge in [0.2, 0.25) is 15.6 Å². The van der Waals surface area contributed by atoms with E-state index < -0.39 is 37.6 Å². The van der Waals surface area contributed by atoms with E-state index in [2.05, 4.69) is 0 Å². The number of nitrogens with zero attached hydrogens (tertiary/aromatic N) is 2. The minimum Gasteiger partial charge on any atom is -0.748 e. The first-order valence-corrected chi connectivity index (χ1v) is 17.6. The molecule has 3 aromatic carbocycles. The number of halogens is 1. The van der Waals surface area contributed by atoms with Crippen LogP contribution in [-0.4, -0.2) is 45.8 Å². The molecule has 1 amide bonds. The van der Waals surface area contributed by atoms with Crippen molar-refractivity contribution in [2.45, 2.75) is 31.2 Å². The molecule has 0 unspecified atom stereocenters. The van der Waals surface area contributed by atoms with Gasteiger partial charge in [-0.15, -0.1) is 0 Å². The van der Waals surface area contributed by atoms with Gasteiger partial charge in [0.1, 0.15) is 12.4 Å². The van der Waals surface area contributed by atoms with Gasteiger partial charge in [-0.25, -0.2) is 21.2 Å². The maximum Gasteiger partial charge on any atom is 0.374 e. The summed E-state index contributed by atoms with van der Waals surface area (Å²) in [5.41, 5.74) is 2.53. The highest BCUT2D eigenvalue weighted by atomic mass is 32.2. The Labute approximate surface area is 252 Å². The Hall–Kier alpha value is -3.72. The second-order valence-corrected chi connectivity index (χ2v) is 14.3. The van der Waals surface area contributed by atoms with Crippen molar-refractivity contribution in [3.8, 4) is 0 Å². The molecule has 5 rings (SSSR count). The third kappa shape index (κ3) is 7.26. The van der Waals surface area contributed by atoms with Gasteiger partial charge in [-0.1, -0.05) is 43.0 Å². The van der Waals surface area contributed by atoms with E-state index in [4.69, 9.17) is 4.42 Å². The van der Waals surface area contributed by atoms with Gasteiger partial charge in [0.15, 0.2) is 6.54 Å². The number of fused-ring (bicyclic) bond motifs is 4. The third-order valence-electron chi connectivity index (χ3n) is 6.71. The Balaban J connectivity index is 1.58. The first-order chi connectivity index (χ1) is 20.3. The SMILES string of the molecule is CCC(=Cc1oc2ccc3ccccc3c2[n+]1CCCS(=O)(=O)[O-])C=C1Sc2ccc(F)cc2N1CC(=O)NS(C)(=O)=O. The van der Waals surface area contributed by atoms with Crippen molar-refractivity contribution in [2.24, 2.45) is 0 Å². The van der Waals surface area contributed by atoms with Crippen LogP contribution in [0.15, 0.2) is 80.6 Å². The second kappa shape index (κ2) is 12.1. The number of allylic oxidation sites excluding steroid dienone is 2. The van der Waals surface area contributed by atoms with Gasteiger partial charge >= 0.3 is 5.89 Å². The highest BCUT2D eigenvalue weighted by Gasteiger charge is 2.29. The predicted octanol–water partition coefficient (Wildman–Crippen LogP) is 4.27. The summed E-state index contributed by atoms with van der Waals surface area (Å²) in [6.07, 6.45) is 5.09. The number of nitrogens with one attached hydrogen (secondary N) is 1. The van der Waals surface area contributed by atoms with Gasteiger partial charge in [0.05, 0.1) is 38.6 Å². The number of thioether (sulfide) groups is 1. The first kappa shape index (κ1) is 30.7. The number of carbonyl (C=O) groups is 1. The molecule has 10 nitrogen and oxygen atoms in total. The molecule has 0 fully saturated rings. The molecule has 2 heterocycles. The van der Waals surface area contributed by atoms with E-state index in [0.717, 1.165) is 28.1 Å². The van der Waals surface area contributed by atoms with E-state index in [9.17, 15) is 30.6 Å².